The molecule has 5 heteroatoms. The van der Waals surface area contributed by atoms with E-state index in [4.69, 9.17) is 11.6 Å². The Morgan fingerprint density at radius 3 is 2.35 bits per heavy atom. The van der Waals surface area contributed by atoms with E-state index in [2.05, 4.69) is 20.8 Å². The number of Topliss-reactive ketones (excluding diaryl/α,β-unsaturated/α-hetero) is 2. The van der Waals surface area contributed by atoms with Crippen LogP contribution in [0.1, 0.15) is 27.6 Å². The maximum atomic E-state index is 12.6. The Balaban J connectivity index is 2.36. The molecule has 3 nitrogen and oxygen atoms in total. The lowest BCUT2D eigenvalue weighted by Gasteiger charge is -2.24. The van der Waals surface area contributed by atoms with Gasteiger partial charge >= 0.3 is 0 Å². The molecule has 0 aromatic heterocycles. The van der Waals surface area contributed by atoms with E-state index in [1.54, 1.807) is 36.4 Å². The number of rotatable bonds is 7. The predicted molar refractivity (Wildman–Crippen MR) is 97.9 cm³/mol. The highest BCUT2D eigenvalue weighted by molar-refractivity contribution is 9.10. The van der Waals surface area contributed by atoms with Gasteiger partial charge in [-0.15, -0.1) is 11.6 Å². The van der Waals surface area contributed by atoms with Gasteiger partial charge in [-0.3, -0.25) is 9.59 Å². The molecule has 0 heterocycles. The van der Waals surface area contributed by atoms with Crippen LogP contribution in [0.2, 0.25) is 0 Å². The molecule has 0 unspecified atom stereocenters. The molecule has 0 bridgehead atoms. The number of alkyl halides is 1. The molecule has 0 N–H and O–H groups in total. The fraction of sp³-hybridized carbons (Fsp3) is 0.222. The second-order valence-electron chi connectivity index (χ2n) is 4.93. The maximum absolute atomic E-state index is 12.6. The first-order valence-corrected chi connectivity index (χ1v) is 8.66. The average molecular weight is 395 g/mol. The molecule has 2 aromatic carbocycles. The van der Waals surface area contributed by atoms with Crippen LogP contribution < -0.4 is 4.90 Å². The second-order valence-corrected chi connectivity index (χ2v) is 6.10. The molecule has 0 fully saturated rings. The number of benzene rings is 2. The van der Waals surface area contributed by atoms with Crippen LogP contribution in [0.4, 0.5) is 5.69 Å². The summed E-state index contributed by atoms with van der Waals surface area (Å²) in [5.41, 5.74) is 1.62. The number of hydrogen-bond donors (Lipinski definition) is 0. The number of ketones is 2. The highest BCUT2D eigenvalue weighted by atomic mass is 79.9. The summed E-state index contributed by atoms with van der Waals surface area (Å²) in [6.45, 7) is 3.44. The Kier molecular flexibility index (Phi) is 6.37. The summed E-state index contributed by atoms with van der Waals surface area (Å²) in [7, 11) is 0. The van der Waals surface area contributed by atoms with Crippen LogP contribution in [-0.2, 0) is 0 Å². The van der Waals surface area contributed by atoms with Crippen LogP contribution in [0.25, 0.3) is 0 Å². The van der Waals surface area contributed by atoms with Gasteiger partial charge in [0, 0.05) is 30.1 Å². The summed E-state index contributed by atoms with van der Waals surface area (Å²) < 4.78 is 0.626. The molecule has 0 spiro atoms. The van der Waals surface area contributed by atoms with E-state index >= 15 is 0 Å². The molecule has 0 atom stereocenters. The molecule has 2 aromatic rings. The fourth-order valence-corrected chi connectivity index (χ4v) is 3.23. The maximum Gasteiger partial charge on any atom is 0.234 e. The van der Waals surface area contributed by atoms with E-state index < -0.39 is 11.6 Å². The molecule has 0 aliphatic heterocycles. The van der Waals surface area contributed by atoms with Gasteiger partial charge in [-0.25, -0.2) is 0 Å². The third kappa shape index (κ3) is 4.01. The van der Waals surface area contributed by atoms with Gasteiger partial charge in [0.05, 0.1) is 10.2 Å². The fourth-order valence-electron chi connectivity index (χ4n) is 2.33. The number of halogens is 2. The van der Waals surface area contributed by atoms with Crippen LogP contribution in [0.15, 0.2) is 53.0 Å². The molecule has 0 aliphatic carbocycles. The summed E-state index contributed by atoms with van der Waals surface area (Å²) in [4.78, 5) is 27.0. The highest BCUT2D eigenvalue weighted by Crippen LogP contribution is 2.30. The van der Waals surface area contributed by atoms with Gasteiger partial charge in [0.15, 0.2) is 0 Å². The third-order valence-electron chi connectivity index (χ3n) is 3.54. The van der Waals surface area contributed by atoms with Crippen LogP contribution in [-0.4, -0.2) is 30.5 Å². The van der Waals surface area contributed by atoms with Crippen LogP contribution in [0, 0.1) is 0 Å². The minimum absolute atomic E-state index is 0.365. The van der Waals surface area contributed by atoms with Gasteiger partial charge in [-0.1, -0.05) is 36.4 Å². The zero-order valence-corrected chi connectivity index (χ0v) is 15.1. The van der Waals surface area contributed by atoms with Crippen molar-refractivity contribution in [2.45, 2.75) is 6.92 Å². The average Bonchev–Trinajstić information content (AvgIpc) is 2.59. The Morgan fingerprint density at radius 1 is 1.04 bits per heavy atom. The molecule has 2 rings (SSSR count). The van der Waals surface area contributed by atoms with Gasteiger partial charge in [0.25, 0.3) is 0 Å². The second kappa shape index (κ2) is 8.27. The number of hydrogen-bond acceptors (Lipinski definition) is 3. The Bertz CT molecular complexity index is 703. The Hall–Kier alpha value is -1.65. The van der Waals surface area contributed by atoms with Gasteiger partial charge in [0.1, 0.15) is 0 Å². The van der Waals surface area contributed by atoms with E-state index in [1.165, 1.54) is 0 Å². The van der Waals surface area contributed by atoms with Gasteiger partial charge < -0.3 is 4.90 Å². The van der Waals surface area contributed by atoms with Crippen molar-refractivity contribution >= 4 is 44.8 Å². The molecule has 23 heavy (non-hydrogen) atoms. The molecule has 0 saturated carbocycles. The number of carbonyl (C=O) groups is 2. The molecule has 0 saturated heterocycles. The number of anilines is 1. The molecular formula is C18H17BrClNO2. The van der Waals surface area contributed by atoms with Crippen LogP contribution in [0.5, 0.6) is 0 Å². The van der Waals surface area contributed by atoms with Crippen molar-refractivity contribution in [3.63, 3.8) is 0 Å². The Morgan fingerprint density at radius 2 is 1.74 bits per heavy atom. The minimum Gasteiger partial charge on any atom is -0.370 e. The first-order valence-electron chi connectivity index (χ1n) is 7.33. The van der Waals surface area contributed by atoms with E-state index in [9.17, 15) is 9.59 Å². The lowest BCUT2D eigenvalue weighted by molar-refractivity contribution is 0.0816. The van der Waals surface area contributed by atoms with Crippen LogP contribution in [0.3, 0.4) is 0 Å². The van der Waals surface area contributed by atoms with Crippen molar-refractivity contribution in [3.8, 4) is 0 Å². The smallest absolute Gasteiger partial charge is 0.234 e. The SMILES string of the molecule is CCN(CCCl)c1cccc(C(=O)C(=O)c2ccccc2)c1Br. The minimum atomic E-state index is -0.521. The van der Waals surface area contributed by atoms with Crippen molar-refractivity contribution < 1.29 is 9.59 Å². The Labute approximate surface area is 149 Å². The van der Waals surface area contributed by atoms with Gasteiger partial charge in [0.2, 0.25) is 11.6 Å². The largest absolute Gasteiger partial charge is 0.370 e. The standard InChI is InChI=1S/C18H17BrClNO2/c1-2-21(12-11-20)15-10-6-9-14(16(15)19)18(23)17(22)13-7-4-3-5-8-13/h3-10H,2,11-12H2,1H3. The van der Waals surface area contributed by atoms with E-state index in [0.717, 1.165) is 12.2 Å². The van der Waals surface area contributed by atoms with Crippen LogP contribution >= 0.6 is 27.5 Å². The molecule has 120 valence electrons. The lowest BCUT2D eigenvalue weighted by Crippen LogP contribution is -2.26. The normalized spacial score (nSPS) is 10.4. The summed E-state index contributed by atoms with van der Waals surface area (Å²) in [5, 5.41) is 0. The molecule has 0 aliphatic rings. The van der Waals surface area contributed by atoms with Crippen molar-refractivity contribution in [1.29, 1.82) is 0 Å². The molecule has 0 radical (unpaired) electrons. The zero-order valence-electron chi connectivity index (χ0n) is 12.8. The summed E-state index contributed by atoms with van der Waals surface area (Å²) in [6.07, 6.45) is 0. The third-order valence-corrected chi connectivity index (χ3v) is 4.54. The first-order chi connectivity index (χ1) is 11.1. The predicted octanol–water partition coefficient (Wildman–Crippen LogP) is 4.58. The molecule has 0 amide bonds. The monoisotopic (exact) mass is 393 g/mol. The summed E-state index contributed by atoms with van der Waals surface area (Å²) >= 11 is 9.31. The zero-order chi connectivity index (χ0) is 16.8. The number of nitrogens with zero attached hydrogens (tertiary/aromatic N) is 1. The molecular weight excluding hydrogens is 378 g/mol. The van der Waals surface area contributed by atoms with Crippen molar-refractivity contribution in [2.24, 2.45) is 0 Å². The summed E-state index contributed by atoms with van der Waals surface area (Å²) in [5.74, 6) is -0.544. The van der Waals surface area contributed by atoms with Gasteiger partial charge in [-0.2, -0.15) is 0 Å². The van der Waals surface area contributed by atoms with Gasteiger partial charge in [-0.05, 0) is 35.0 Å². The van der Waals surface area contributed by atoms with Crippen molar-refractivity contribution in [3.05, 3.63) is 64.1 Å². The van der Waals surface area contributed by atoms with E-state index in [0.29, 0.717) is 28.0 Å². The highest BCUT2D eigenvalue weighted by Gasteiger charge is 2.22. The quantitative estimate of drug-likeness (QED) is 0.392. The van der Waals surface area contributed by atoms with Crippen molar-refractivity contribution in [2.75, 3.05) is 23.9 Å². The summed E-state index contributed by atoms with van der Waals surface area (Å²) in [6, 6.07) is 13.9. The van der Waals surface area contributed by atoms with E-state index in [-0.39, 0.29) is 0 Å². The van der Waals surface area contributed by atoms with Crippen molar-refractivity contribution in [1.82, 2.24) is 0 Å². The number of carbonyl (C=O) groups excluding carboxylic acids is 2. The topological polar surface area (TPSA) is 37.4 Å². The van der Waals surface area contributed by atoms with E-state index in [1.807, 2.05) is 19.1 Å². The first kappa shape index (κ1) is 17.7. The lowest BCUT2D eigenvalue weighted by atomic mass is 10.0.